The summed E-state index contributed by atoms with van der Waals surface area (Å²) in [7, 11) is 1.22. The van der Waals surface area contributed by atoms with Crippen molar-refractivity contribution < 1.29 is 19.1 Å². The van der Waals surface area contributed by atoms with Gasteiger partial charge in [0.2, 0.25) is 0 Å². The molecule has 0 radical (unpaired) electrons. The first-order chi connectivity index (χ1) is 12.1. The van der Waals surface area contributed by atoms with Crippen molar-refractivity contribution in [2.24, 2.45) is 0 Å². The minimum atomic E-state index is -0.616. The van der Waals surface area contributed by atoms with Crippen LogP contribution in [0.3, 0.4) is 0 Å². The number of benzene rings is 1. The van der Waals surface area contributed by atoms with E-state index in [1.54, 1.807) is 6.08 Å². The van der Waals surface area contributed by atoms with Gasteiger partial charge in [-0.1, -0.05) is 12.1 Å². The van der Waals surface area contributed by atoms with E-state index in [0.29, 0.717) is 4.91 Å². The highest BCUT2D eigenvalue weighted by atomic mass is 32.2. The van der Waals surface area contributed by atoms with Gasteiger partial charge in [-0.25, -0.2) is 0 Å². The van der Waals surface area contributed by atoms with Crippen molar-refractivity contribution in [2.45, 2.75) is 19.3 Å². The zero-order chi connectivity index (χ0) is 17.8. The molecule has 7 heteroatoms. The molecule has 132 valence electrons. The molecule has 0 unspecified atom stereocenters. The number of methoxy groups -OCH3 is 1. The summed E-state index contributed by atoms with van der Waals surface area (Å²) in [5.74, 6) is -1.07. The number of esters is 1. The molecule has 0 saturated carbocycles. The van der Waals surface area contributed by atoms with Crippen molar-refractivity contribution in [2.75, 3.05) is 31.6 Å². The van der Waals surface area contributed by atoms with E-state index in [-0.39, 0.29) is 6.54 Å². The fraction of sp³-hybridized carbons (Fsp3) is 0.389. The number of piperidine rings is 1. The number of carbonyl (C=O) groups is 3. The van der Waals surface area contributed by atoms with Gasteiger partial charge in [-0.15, -0.1) is 0 Å². The topological polar surface area (TPSA) is 66.9 Å². The number of nitrogens with zero attached hydrogens (tertiary/aromatic N) is 2. The lowest BCUT2D eigenvalue weighted by Crippen LogP contribution is -2.34. The van der Waals surface area contributed by atoms with Gasteiger partial charge >= 0.3 is 5.97 Å². The quantitative estimate of drug-likeness (QED) is 0.608. The molecule has 0 aromatic heterocycles. The van der Waals surface area contributed by atoms with E-state index in [0.717, 1.165) is 35.3 Å². The Hall–Kier alpha value is -2.28. The number of thioether (sulfide) groups is 1. The molecule has 6 nitrogen and oxygen atoms in total. The summed E-state index contributed by atoms with van der Waals surface area (Å²) in [6, 6.07) is 7.96. The van der Waals surface area contributed by atoms with Crippen LogP contribution >= 0.6 is 11.8 Å². The molecule has 1 aromatic rings. The minimum Gasteiger partial charge on any atom is -0.468 e. The standard InChI is InChI=1S/C18H20N2O4S/c1-24-16(21)12-20-17(22)15(25-18(20)23)11-13-5-7-14(8-6-13)19-9-3-2-4-10-19/h5-8,11H,2-4,9-10,12H2,1H3/b15-11+. The van der Waals surface area contributed by atoms with E-state index in [1.807, 2.05) is 24.3 Å². The molecule has 2 aliphatic heterocycles. The number of carbonyl (C=O) groups excluding carboxylic acids is 3. The Bertz CT molecular complexity index is 708. The highest BCUT2D eigenvalue weighted by Gasteiger charge is 2.36. The number of anilines is 1. The van der Waals surface area contributed by atoms with Gasteiger partial charge in [0.25, 0.3) is 11.1 Å². The van der Waals surface area contributed by atoms with E-state index >= 15 is 0 Å². The third-order valence-corrected chi connectivity index (χ3v) is 5.21. The van der Waals surface area contributed by atoms with Crippen LogP contribution in [-0.2, 0) is 14.3 Å². The van der Waals surface area contributed by atoms with Crippen molar-refractivity contribution in [3.05, 3.63) is 34.7 Å². The summed E-state index contributed by atoms with van der Waals surface area (Å²) in [6.07, 6.45) is 5.41. The molecule has 2 saturated heterocycles. The fourth-order valence-electron chi connectivity index (χ4n) is 2.91. The molecule has 0 aliphatic carbocycles. The van der Waals surface area contributed by atoms with Crippen molar-refractivity contribution >= 4 is 40.6 Å². The van der Waals surface area contributed by atoms with Crippen molar-refractivity contribution in [3.63, 3.8) is 0 Å². The average molecular weight is 360 g/mol. The van der Waals surface area contributed by atoms with Gasteiger partial charge in [-0.3, -0.25) is 19.3 Å². The van der Waals surface area contributed by atoms with Crippen LogP contribution in [0.2, 0.25) is 0 Å². The normalized spacial score (nSPS) is 19.6. The largest absolute Gasteiger partial charge is 0.468 e. The summed E-state index contributed by atoms with van der Waals surface area (Å²) in [6.45, 7) is 1.80. The molecule has 0 atom stereocenters. The average Bonchev–Trinajstić information content (AvgIpc) is 2.90. The first-order valence-corrected chi connectivity index (χ1v) is 9.07. The molecule has 2 fully saturated rings. The molecule has 25 heavy (non-hydrogen) atoms. The molecule has 2 aliphatic rings. The van der Waals surface area contributed by atoms with Gasteiger partial charge < -0.3 is 9.64 Å². The fourth-order valence-corrected chi connectivity index (χ4v) is 3.75. The molecular weight excluding hydrogens is 340 g/mol. The smallest absolute Gasteiger partial charge is 0.325 e. The maximum absolute atomic E-state index is 12.3. The van der Waals surface area contributed by atoms with Gasteiger partial charge in [0, 0.05) is 18.8 Å². The van der Waals surface area contributed by atoms with E-state index < -0.39 is 17.1 Å². The van der Waals surface area contributed by atoms with E-state index in [9.17, 15) is 14.4 Å². The lowest BCUT2D eigenvalue weighted by Gasteiger charge is -2.28. The number of ether oxygens (including phenoxy) is 1. The Kier molecular flexibility index (Phi) is 5.43. The van der Waals surface area contributed by atoms with Crippen LogP contribution in [0.15, 0.2) is 29.2 Å². The van der Waals surface area contributed by atoms with Gasteiger partial charge in [0.15, 0.2) is 0 Å². The third kappa shape index (κ3) is 4.04. The highest BCUT2D eigenvalue weighted by molar-refractivity contribution is 8.18. The number of hydrogen-bond donors (Lipinski definition) is 0. The van der Waals surface area contributed by atoms with Crippen molar-refractivity contribution in [3.8, 4) is 0 Å². The highest BCUT2D eigenvalue weighted by Crippen LogP contribution is 2.32. The second-order valence-electron chi connectivity index (χ2n) is 5.98. The number of imide groups is 1. The predicted molar refractivity (Wildman–Crippen MR) is 97.2 cm³/mol. The zero-order valence-corrected chi connectivity index (χ0v) is 14.9. The molecule has 1 aromatic carbocycles. The van der Waals surface area contributed by atoms with Crippen LogP contribution < -0.4 is 4.90 Å². The second-order valence-corrected chi connectivity index (χ2v) is 6.98. The Balaban J connectivity index is 1.71. The van der Waals surface area contributed by atoms with Gasteiger partial charge in [0.1, 0.15) is 6.54 Å². The number of hydrogen-bond acceptors (Lipinski definition) is 6. The van der Waals surface area contributed by atoms with Gasteiger partial charge in [-0.05, 0) is 54.8 Å². The molecule has 0 bridgehead atoms. The first-order valence-electron chi connectivity index (χ1n) is 8.25. The van der Waals surface area contributed by atoms with Crippen LogP contribution in [0, 0.1) is 0 Å². The molecule has 2 amide bonds. The van der Waals surface area contributed by atoms with Crippen molar-refractivity contribution in [1.82, 2.24) is 4.90 Å². The summed E-state index contributed by atoms with van der Waals surface area (Å²) in [5.41, 5.74) is 2.03. The molecule has 3 rings (SSSR count). The van der Waals surface area contributed by atoms with Crippen molar-refractivity contribution in [1.29, 1.82) is 0 Å². The number of rotatable bonds is 4. The number of amides is 2. The van der Waals surface area contributed by atoms with Gasteiger partial charge in [-0.2, -0.15) is 0 Å². The second kappa shape index (κ2) is 7.74. The Morgan fingerprint density at radius 1 is 1.16 bits per heavy atom. The summed E-state index contributed by atoms with van der Waals surface area (Å²) in [4.78, 5) is 39.1. The maximum Gasteiger partial charge on any atom is 0.325 e. The summed E-state index contributed by atoms with van der Waals surface area (Å²) in [5, 5.41) is -0.452. The van der Waals surface area contributed by atoms with Crippen LogP contribution in [0.1, 0.15) is 24.8 Å². The monoisotopic (exact) mass is 360 g/mol. The molecule has 0 N–H and O–H groups in total. The Morgan fingerprint density at radius 2 is 1.84 bits per heavy atom. The van der Waals surface area contributed by atoms with Crippen LogP contribution in [-0.4, -0.2) is 48.8 Å². The van der Waals surface area contributed by atoms with Crippen LogP contribution in [0.4, 0.5) is 10.5 Å². The summed E-state index contributed by atoms with van der Waals surface area (Å²) < 4.78 is 4.51. The Labute approximate surface area is 150 Å². The van der Waals surface area contributed by atoms with Crippen LogP contribution in [0.5, 0.6) is 0 Å². The van der Waals surface area contributed by atoms with Gasteiger partial charge in [0.05, 0.1) is 12.0 Å². The van der Waals surface area contributed by atoms with E-state index in [1.165, 1.54) is 32.1 Å². The lowest BCUT2D eigenvalue weighted by atomic mass is 10.1. The Morgan fingerprint density at radius 3 is 2.48 bits per heavy atom. The zero-order valence-electron chi connectivity index (χ0n) is 14.1. The van der Waals surface area contributed by atoms with E-state index in [4.69, 9.17) is 0 Å². The SMILES string of the molecule is COC(=O)CN1C(=O)S/C(=C/c2ccc(N3CCCCC3)cc2)C1=O. The first kappa shape index (κ1) is 17.5. The molecule has 2 heterocycles. The minimum absolute atomic E-state index is 0.319. The molecule has 0 spiro atoms. The predicted octanol–water partition coefficient (Wildman–Crippen LogP) is 2.89. The molecular formula is C18H20N2O4S. The third-order valence-electron chi connectivity index (χ3n) is 4.30. The maximum atomic E-state index is 12.3. The summed E-state index contributed by atoms with van der Waals surface area (Å²) >= 11 is 0.842. The lowest BCUT2D eigenvalue weighted by molar-refractivity contribution is -0.143. The van der Waals surface area contributed by atoms with Crippen LogP contribution in [0.25, 0.3) is 6.08 Å². The van der Waals surface area contributed by atoms with E-state index in [2.05, 4.69) is 9.64 Å².